The van der Waals surface area contributed by atoms with E-state index in [0.29, 0.717) is 0 Å². The second-order valence-electron chi connectivity index (χ2n) is 4.22. The van der Waals surface area contributed by atoms with Gasteiger partial charge in [-0.1, -0.05) is 32.9 Å². The first-order valence-corrected chi connectivity index (χ1v) is 4.99. The number of aromatic nitrogens is 1. The van der Waals surface area contributed by atoms with Crippen LogP contribution in [0.25, 0.3) is 11.1 Å². The third kappa shape index (κ3) is 1.41. The summed E-state index contributed by atoms with van der Waals surface area (Å²) < 4.78 is 5.71. The van der Waals surface area contributed by atoms with E-state index >= 15 is 0 Å². The lowest BCUT2D eigenvalue weighted by Crippen LogP contribution is -2.15. The Hall–Kier alpha value is -1.31. The van der Waals surface area contributed by atoms with Crippen LogP contribution in [0, 0.1) is 0 Å². The van der Waals surface area contributed by atoms with E-state index in [9.17, 15) is 0 Å². The molecule has 0 amide bonds. The van der Waals surface area contributed by atoms with Gasteiger partial charge < -0.3 is 4.42 Å². The van der Waals surface area contributed by atoms with Gasteiger partial charge in [0.25, 0.3) is 0 Å². The second-order valence-corrected chi connectivity index (χ2v) is 4.22. The maximum absolute atomic E-state index is 5.71. The monoisotopic (exact) mass is 189 g/mol. The fourth-order valence-electron chi connectivity index (χ4n) is 1.31. The van der Waals surface area contributed by atoms with Gasteiger partial charge in [0.1, 0.15) is 5.52 Å². The number of hydrogen-bond donors (Lipinski definition) is 0. The first-order valence-electron chi connectivity index (χ1n) is 4.99. The van der Waals surface area contributed by atoms with Gasteiger partial charge >= 0.3 is 0 Å². The summed E-state index contributed by atoms with van der Waals surface area (Å²) in [6.45, 7) is 6.45. The summed E-state index contributed by atoms with van der Waals surface area (Å²) in [6.07, 6.45) is 1.03. The largest absolute Gasteiger partial charge is 0.440 e. The molecule has 0 saturated carbocycles. The van der Waals surface area contributed by atoms with Gasteiger partial charge in [-0.25, -0.2) is 4.98 Å². The highest BCUT2D eigenvalue weighted by molar-refractivity contribution is 5.72. The van der Waals surface area contributed by atoms with Gasteiger partial charge in [-0.2, -0.15) is 0 Å². The minimum absolute atomic E-state index is 0.0268. The molecule has 2 rings (SSSR count). The average molecular weight is 189 g/mol. The summed E-state index contributed by atoms with van der Waals surface area (Å²) in [4.78, 5) is 4.49. The number of hydrogen-bond acceptors (Lipinski definition) is 2. The molecule has 0 N–H and O–H groups in total. The molecule has 2 heteroatoms. The van der Waals surface area contributed by atoms with E-state index in [1.165, 1.54) is 0 Å². The molecule has 0 fully saturated rings. The van der Waals surface area contributed by atoms with Gasteiger partial charge in [0.05, 0.1) is 0 Å². The number of benzene rings is 1. The molecular weight excluding hydrogens is 174 g/mol. The Morgan fingerprint density at radius 2 is 2.00 bits per heavy atom. The van der Waals surface area contributed by atoms with Crippen molar-refractivity contribution in [3.05, 3.63) is 30.2 Å². The quantitative estimate of drug-likeness (QED) is 0.722. The molecule has 0 radical (unpaired) electrons. The number of oxazole rings is 1. The van der Waals surface area contributed by atoms with Crippen LogP contribution < -0.4 is 0 Å². The molecule has 2 nitrogen and oxygen atoms in total. The third-order valence-corrected chi connectivity index (χ3v) is 2.76. The molecule has 0 aliphatic heterocycles. The first kappa shape index (κ1) is 9.25. The molecule has 1 heterocycles. The van der Waals surface area contributed by atoms with Gasteiger partial charge in [-0.3, -0.25) is 0 Å². The Bertz CT molecular complexity index is 409. The normalized spacial score (nSPS) is 12.2. The van der Waals surface area contributed by atoms with Crippen molar-refractivity contribution in [2.45, 2.75) is 32.6 Å². The van der Waals surface area contributed by atoms with Crippen molar-refractivity contribution in [3.63, 3.8) is 0 Å². The lowest BCUT2D eigenvalue weighted by Gasteiger charge is -2.16. The topological polar surface area (TPSA) is 26.0 Å². The number of rotatable bonds is 2. The zero-order valence-corrected chi connectivity index (χ0v) is 8.87. The fraction of sp³-hybridized carbons (Fsp3) is 0.417. The molecule has 1 aromatic heterocycles. The van der Waals surface area contributed by atoms with Crippen LogP contribution in [0.15, 0.2) is 28.7 Å². The van der Waals surface area contributed by atoms with E-state index in [0.717, 1.165) is 23.4 Å². The molecule has 0 aliphatic rings. The minimum Gasteiger partial charge on any atom is -0.440 e. The minimum atomic E-state index is 0.0268. The van der Waals surface area contributed by atoms with Crippen molar-refractivity contribution in [1.82, 2.24) is 4.98 Å². The maximum atomic E-state index is 5.71. The summed E-state index contributed by atoms with van der Waals surface area (Å²) in [5.74, 6) is 0.834. The summed E-state index contributed by atoms with van der Waals surface area (Å²) in [5, 5.41) is 0. The molecular formula is C12H15NO. The second kappa shape index (κ2) is 3.12. The molecule has 14 heavy (non-hydrogen) atoms. The van der Waals surface area contributed by atoms with Crippen LogP contribution in [0.5, 0.6) is 0 Å². The van der Waals surface area contributed by atoms with E-state index in [4.69, 9.17) is 4.42 Å². The third-order valence-electron chi connectivity index (χ3n) is 2.76. The highest BCUT2D eigenvalue weighted by Gasteiger charge is 2.24. The lowest BCUT2D eigenvalue weighted by atomic mass is 9.90. The van der Waals surface area contributed by atoms with Gasteiger partial charge in [-0.15, -0.1) is 0 Å². The Morgan fingerprint density at radius 3 is 2.64 bits per heavy atom. The average Bonchev–Trinajstić information content (AvgIpc) is 2.61. The van der Waals surface area contributed by atoms with Gasteiger partial charge in [0.15, 0.2) is 5.58 Å². The van der Waals surface area contributed by atoms with Crippen molar-refractivity contribution < 1.29 is 4.42 Å². The van der Waals surface area contributed by atoms with E-state index in [1.54, 1.807) is 0 Å². The van der Waals surface area contributed by atoms with Crippen LogP contribution in [0.1, 0.15) is 33.1 Å². The van der Waals surface area contributed by atoms with Crippen molar-refractivity contribution in [3.8, 4) is 0 Å². The van der Waals surface area contributed by atoms with Gasteiger partial charge in [0, 0.05) is 5.41 Å². The van der Waals surface area contributed by atoms with Crippen LogP contribution in [0.2, 0.25) is 0 Å². The van der Waals surface area contributed by atoms with Crippen LogP contribution in [0.4, 0.5) is 0 Å². The smallest absolute Gasteiger partial charge is 0.201 e. The maximum Gasteiger partial charge on any atom is 0.201 e. The standard InChI is InChI=1S/C12H15NO/c1-4-12(2,3)11-13-9-7-5-6-8-10(9)14-11/h5-8H,4H2,1-3H3. The van der Waals surface area contributed by atoms with E-state index in [2.05, 4.69) is 25.8 Å². The number of para-hydroxylation sites is 2. The van der Waals surface area contributed by atoms with Crippen molar-refractivity contribution in [2.24, 2.45) is 0 Å². The molecule has 1 aromatic carbocycles. The van der Waals surface area contributed by atoms with E-state index < -0.39 is 0 Å². The van der Waals surface area contributed by atoms with Crippen LogP contribution >= 0.6 is 0 Å². The Morgan fingerprint density at radius 1 is 1.29 bits per heavy atom. The van der Waals surface area contributed by atoms with E-state index in [1.807, 2.05) is 24.3 Å². The zero-order valence-electron chi connectivity index (χ0n) is 8.87. The molecule has 0 bridgehead atoms. The summed E-state index contributed by atoms with van der Waals surface area (Å²) >= 11 is 0. The SMILES string of the molecule is CCC(C)(C)c1nc2ccccc2o1. The zero-order chi connectivity index (χ0) is 10.2. The van der Waals surface area contributed by atoms with Crippen LogP contribution in [-0.4, -0.2) is 4.98 Å². The first-order chi connectivity index (χ1) is 6.63. The summed E-state index contributed by atoms with van der Waals surface area (Å²) in [6, 6.07) is 7.88. The lowest BCUT2D eigenvalue weighted by molar-refractivity contribution is 0.374. The van der Waals surface area contributed by atoms with Crippen LogP contribution in [0.3, 0.4) is 0 Å². The molecule has 74 valence electrons. The summed E-state index contributed by atoms with van der Waals surface area (Å²) in [7, 11) is 0. The molecule has 0 atom stereocenters. The molecule has 2 aromatic rings. The van der Waals surface area contributed by atoms with Crippen molar-refractivity contribution >= 4 is 11.1 Å². The highest BCUT2D eigenvalue weighted by atomic mass is 16.3. The number of nitrogens with zero attached hydrogens (tertiary/aromatic N) is 1. The molecule has 0 saturated heterocycles. The predicted molar refractivity (Wildman–Crippen MR) is 57.3 cm³/mol. The Kier molecular flexibility index (Phi) is 2.06. The van der Waals surface area contributed by atoms with Crippen molar-refractivity contribution in [2.75, 3.05) is 0 Å². The summed E-state index contributed by atoms with van der Waals surface area (Å²) in [5.41, 5.74) is 1.85. The predicted octanol–water partition coefficient (Wildman–Crippen LogP) is 3.52. The molecule has 0 aliphatic carbocycles. The fourth-order valence-corrected chi connectivity index (χ4v) is 1.31. The highest BCUT2D eigenvalue weighted by Crippen LogP contribution is 2.28. The van der Waals surface area contributed by atoms with Gasteiger partial charge in [0.2, 0.25) is 5.89 Å². The van der Waals surface area contributed by atoms with Gasteiger partial charge in [-0.05, 0) is 18.6 Å². The molecule has 0 unspecified atom stereocenters. The molecule has 0 spiro atoms. The van der Waals surface area contributed by atoms with Crippen LogP contribution in [-0.2, 0) is 5.41 Å². The number of fused-ring (bicyclic) bond motifs is 1. The Balaban J connectivity index is 2.55. The van der Waals surface area contributed by atoms with Crippen molar-refractivity contribution in [1.29, 1.82) is 0 Å². The van der Waals surface area contributed by atoms with E-state index in [-0.39, 0.29) is 5.41 Å². The Labute approximate surface area is 84.0 Å².